The second-order valence-electron chi connectivity index (χ2n) is 3.07. The van der Waals surface area contributed by atoms with E-state index in [-0.39, 0.29) is 0 Å². The zero-order valence-corrected chi connectivity index (χ0v) is 7.53. The summed E-state index contributed by atoms with van der Waals surface area (Å²) in [5, 5.41) is 0.810. The molecule has 1 aromatic carbocycles. The minimum absolute atomic E-state index is 0.810. The highest BCUT2D eigenvalue weighted by Gasteiger charge is 2.13. The van der Waals surface area contributed by atoms with Crippen LogP contribution in [0.2, 0.25) is 0 Å². The predicted molar refractivity (Wildman–Crippen MR) is 50.1 cm³/mol. The lowest BCUT2D eigenvalue weighted by molar-refractivity contribution is 0.780. The largest absolute Gasteiger partial charge is 0.123 e. The lowest BCUT2D eigenvalue weighted by atomic mass is 10.1. The van der Waals surface area contributed by atoms with Crippen LogP contribution in [-0.4, -0.2) is 5.25 Å². The van der Waals surface area contributed by atoms with Crippen LogP contribution in [0.5, 0.6) is 0 Å². The highest BCUT2D eigenvalue weighted by Crippen LogP contribution is 2.34. The fourth-order valence-electron chi connectivity index (χ4n) is 1.46. The van der Waals surface area contributed by atoms with Crippen molar-refractivity contribution in [3.8, 4) is 0 Å². The molecule has 0 amide bonds. The van der Waals surface area contributed by atoms with Gasteiger partial charge in [0.2, 0.25) is 0 Å². The summed E-state index contributed by atoms with van der Waals surface area (Å²) < 4.78 is 0. The molecule has 1 heteroatoms. The third-order valence-corrected chi connectivity index (χ3v) is 3.41. The first kappa shape index (κ1) is 7.23. The van der Waals surface area contributed by atoms with Gasteiger partial charge in [-0.15, -0.1) is 11.8 Å². The summed E-state index contributed by atoms with van der Waals surface area (Å²) in [6.45, 7) is 2.31. The maximum atomic E-state index is 2.31. The highest BCUT2D eigenvalue weighted by molar-refractivity contribution is 8.00. The summed E-state index contributed by atoms with van der Waals surface area (Å²) in [5.41, 5.74) is 1.54. The van der Waals surface area contributed by atoms with Gasteiger partial charge in [0.15, 0.2) is 0 Å². The average molecular weight is 164 g/mol. The Morgan fingerprint density at radius 2 is 2.18 bits per heavy atom. The van der Waals surface area contributed by atoms with Gasteiger partial charge in [0, 0.05) is 10.1 Å². The normalized spacial score (nSPS) is 22.8. The summed E-state index contributed by atoms with van der Waals surface area (Å²) in [6, 6.07) is 8.74. The van der Waals surface area contributed by atoms with Crippen LogP contribution in [0.25, 0.3) is 0 Å². The topological polar surface area (TPSA) is 0 Å². The molecule has 0 aliphatic carbocycles. The van der Waals surface area contributed by atoms with Crippen molar-refractivity contribution in [1.82, 2.24) is 0 Å². The Kier molecular flexibility index (Phi) is 1.91. The molecular weight excluding hydrogens is 152 g/mol. The second kappa shape index (κ2) is 2.90. The molecule has 1 atom stereocenters. The molecule has 1 aliphatic heterocycles. The molecule has 1 aliphatic rings. The van der Waals surface area contributed by atoms with Gasteiger partial charge in [0.25, 0.3) is 0 Å². The van der Waals surface area contributed by atoms with E-state index in [1.807, 2.05) is 11.8 Å². The minimum atomic E-state index is 0.810. The molecule has 0 nitrogen and oxygen atoms in total. The van der Waals surface area contributed by atoms with E-state index in [4.69, 9.17) is 0 Å². The molecule has 0 aromatic heterocycles. The SMILES string of the molecule is C[C@H]1CCc2ccccc2S1. The Hall–Kier alpha value is -0.430. The van der Waals surface area contributed by atoms with Gasteiger partial charge in [-0.2, -0.15) is 0 Å². The van der Waals surface area contributed by atoms with Crippen LogP contribution in [0.15, 0.2) is 29.2 Å². The van der Waals surface area contributed by atoms with Gasteiger partial charge in [-0.25, -0.2) is 0 Å². The molecular formula is C10H12S. The summed E-state index contributed by atoms with van der Waals surface area (Å²) in [4.78, 5) is 1.49. The lowest BCUT2D eigenvalue weighted by Gasteiger charge is -2.20. The first-order valence-electron chi connectivity index (χ1n) is 4.11. The van der Waals surface area contributed by atoms with E-state index in [9.17, 15) is 0 Å². The average Bonchev–Trinajstić information content (AvgIpc) is 2.04. The van der Waals surface area contributed by atoms with E-state index < -0.39 is 0 Å². The smallest absolute Gasteiger partial charge is 0.0107 e. The molecule has 0 radical (unpaired) electrons. The Balaban J connectivity index is 2.34. The van der Waals surface area contributed by atoms with E-state index in [1.165, 1.54) is 23.3 Å². The molecule has 0 saturated heterocycles. The van der Waals surface area contributed by atoms with Gasteiger partial charge in [-0.3, -0.25) is 0 Å². The number of hydrogen-bond acceptors (Lipinski definition) is 1. The van der Waals surface area contributed by atoms with Crippen LogP contribution >= 0.6 is 11.8 Å². The Morgan fingerprint density at radius 3 is 3.09 bits per heavy atom. The number of hydrogen-bond donors (Lipinski definition) is 0. The molecule has 2 rings (SSSR count). The lowest BCUT2D eigenvalue weighted by Crippen LogP contribution is -2.05. The van der Waals surface area contributed by atoms with Crippen LogP contribution < -0.4 is 0 Å². The van der Waals surface area contributed by atoms with Crippen LogP contribution in [0.1, 0.15) is 18.9 Å². The standard InChI is InChI=1S/C10H12S/c1-8-6-7-9-4-2-3-5-10(9)11-8/h2-5,8H,6-7H2,1H3/t8-/m0/s1. The number of thioether (sulfide) groups is 1. The van der Waals surface area contributed by atoms with Gasteiger partial charge >= 0.3 is 0 Å². The van der Waals surface area contributed by atoms with Crippen molar-refractivity contribution in [1.29, 1.82) is 0 Å². The fraction of sp³-hybridized carbons (Fsp3) is 0.400. The first-order valence-corrected chi connectivity index (χ1v) is 4.99. The quantitative estimate of drug-likeness (QED) is 0.567. The number of benzene rings is 1. The van der Waals surface area contributed by atoms with Gasteiger partial charge in [-0.1, -0.05) is 25.1 Å². The molecule has 11 heavy (non-hydrogen) atoms. The molecule has 0 unspecified atom stereocenters. The molecule has 0 bridgehead atoms. The molecule has 0 saturated carbocycles. The molecule has 1 aromatic rings. The molecule has 58 valence electrons. The zero-order valence-electron chi connectivity index (χ0n) is 6.71. The Labute approximate surface area is 72.0 Å². The van der Waals surface area contributed by atoms with E-state index >= 15 is 0 Å². The van der Waals surface area contributed by atoms with Gasteiger partial charge < -0.3 is 0 Å². The second-order valence-corrected chi connectivity index (χ2v) is 4.56. The van der Waals surface area contributed by atoms with E-state index in [2.05, 4.69) is 31.2 Å². The maximum absolute atomic E-state index is 2.31. The van der Waals surface area contributed by atoms with E-state index in [0.717, 1.165) is 5.25 Å². The van der Waals surface area contributed by atoms with Crippen molar-refractivity contribution in [2.45, 2.75) is 29.9 Å². The predicted octanol–water partition coefficient (Wildman–Crippen LogP) is 3.11. The summed E-state index contributed by atoms with van der Waals surface area (Å²) >= 11 is 2.01. The summed E-state index contributed by atoms with van der Waals surface area (Å²) in [5.74, 6) is 0. The molecule has 0 spiro atoms. The van der Waals surface area contributed by atoms with Crippen LogP contribution in [0, 0.1) is 0 Å². The van der Waals surface area contributed by atoms with E-state index in [0.29, 0.717) is 0 Å². The van der Waals surface area contributed by atoms with Crippen molar-refractivity contribution in [2.24, 2.45) is 0 Å². The van der Waals surface area contributed by atoms with Crippen molar-refractivity contribution in [3.05, 3.63) is 29.8 Å². The summed E-state index contributed by atoms with van der Waals surface area (Å²) in [6.07, 6.45) is 2.60. The van der Waals surface area contributed by atoms with Gasteiger partial charge in [0.1, 0.15) is 0 Å². The molecule has 1 heterocycles. The molecule has 0 N–H and O–H groups in total. The van der Waals surface area contributed by atoms with Gasteiger partial charge in [0.05, 0.1) is 0 Å². The van der Waals surface area contributed by atoms with Crippen molar-refractivity contribution < 1.29 is 0 Å². The third kappa shape index (κ3) is 1.43. The monoisotopic (exact) mass is 164 g/mol. The Bertz CT molecular complexity index is 255. The number of aryl methyl sites for hydroxylation is 1. The highest BCUT2D eigenvalue weighted by atomic mass is 32.2. The van der Waals surface area contributed by atoms with Crippen LogP contribution in [-0.2, 0) is 6.42 Å². The Morgan fingerprint density at radius 1 is 1.36 bits per heavy atom. The maximum Gasteiger partial charge on any atom is 0.0107 e. The van der Waals surface area contributed by atoms with E-state index in [1.54, 1.807) is 0 Å². The van der Waals surface area contributed by atoms with Gasteiger partial charge in [-0.05, 0) is 24.5 Å². The first-order chi connectivity index (χ1) is 5.36. The zero-order chi connectivity index (χ0) is 7.68. The van der Waals surface area contributed by atoms with Crippen molar-refractivity contribution in [3.63, 3.8) is 0 Å². The van der Waals surface area contributed by atoms with Crippen LogP contribution in [0.3, 0.4) is 0 Å². The minimum Gasteiger partial charge on any atom is -0.123 e. The number of fused-ring (bicyclic) bond motifs is 1. The number of rotatable bonds is 0. The molecule has 0 fully saturated rings. The third-order valence-electron chi connectivity index (χ3n) is 2.12. The summed E-state index contributed by atoms with van der Waals surface area (Å²) in [7, 11) is 0. The van der Waals surface area contributed by atoms with Crippen molar-refractivity contribution in [2.75, 3.05) is 0 Å². The fourth-order valence-corrected chi connectivity index (χ4v) is 2.61. The van der Waals surface area contributed by atoms with Crippen LogP contribution in [0.4, 0.5) is 0 Å². The van der Waals surface area contributed by atoms with Crippen molar-refractivity contribution >= 4 is 11.8 Å².